The molecule has 0 aliphatic carbocycles. The van der Waals surface area contributed by atoms with Gasteiger partial charge in [0.25, 0.3) is 0 Å². The van der Waals surface area contributed by atoms with Crippen molar-refractivity contribution in [1.82, 2.24) is 5.32 Å². The summed E-state index contributed by atoms with van der Waals surface area (Å²) in [6.45, 7) is 6.01. The number of nitrogens with one attached hydrogen (secondary N) is 2. The average Bonchev–Trinajstić information content (AvgIpc) is 2.86. The molecule has 3 rings (SSSR count). The van der Waals surface area contributed by atoms with E-state index in [2.05, 4.69) is 16.7 Å². The van der Waals surface area contributed by atoms with E-state index in [0.717, 1.165) is 30.0 Å². The van der Waals surface area contributed by atoms with Crippen molar-refractivity contribution >= 4 is 58.4 Å². The van der Waals surface area contributed by atoms with E-state index in [-0.39, 0.29) is 38.1 Å². The van der Waals surface area contributed by atoms with Crippen molar-refractivity contribution in [3.05, 3.63) is 67.7 Å². The van der Waals surface area contributed by atoms with E-state index >= 15 is 0 Å². The summed E-state index contributed by atoms with van der Waals surface area (Å²) >= 11 is 13.7. The van der Waals surface area contributed by atoms with Crippen molar-refractivity contribution < 1.29 is 23.9 Å². The summed E-state index contributed by atoms with van der Waals surface area (Å²) in [5, 5.41) is 16.0. The molecule has 2 amide bonds. The average molecular weight is 562 g/mol. The highest BCUT2D eigenvalue weighted by molar-refractivity contribution is 8.03. The molecular formula is C26H25Cl2N3O5S. The Morgan fingerprint density at radius 2 is 1.84 bits per heavy atom. The Labute approximate surface area is 229 Å². The summed E-state index contributed by atoms with van der Waals surface area (Å²) in [5.74, 6) is -4.06. The van der Waals surface area contributed by atoms with Crippen molar-refractivity contribution in [2.24, 2.45) is 5.92 Å². The highest BCUT2D eigenvalue weighted by Gasteiger charge is 2.44. The Balaban J connectivity index is 1.96. The monoisotopic (exact) mass is 561 g/mol. The molecule has 0 bridgehead atoms. The van der Waals surface area contributed by atoms with Crippen LogP contribution in [-0.2, 0) is 19.1 Å². The molecule has 1 aliphatic heterocycles. The maximum absolute atomic E-state index is 13.0. The lowest BCUT2D eigenvalue weighted by atomic mass is 9.78. The second-order valence-electron chi connectivity index (χ2n) is 8.20. The summed E-state index contributed by atoms with van der Waals surface area (Å²) in [6.07, 6.45) is 0. The van der Waals surface area contributed by atoms with E-state index in [0.29, 0.717) is 17.9 Å². The normalized spacial score (nSPS) is 17.1. The van der Waals surface area contributed by atoms with Crippen LogP contribution >= 0.6 is 35.0 Å². The van der Waals surface area contributed by atoms with Gasteiger partial charge in [0.2, 0.25) is 11.8 Å². The molecule has 2 N–H and O–H groups in total. The molecule has 11 heteroatoms. The minimum absolute atomic E-state index is 0.0790. The summed E-state index contributed by atoms with van der Waals surface area (Å²) in [5.41, 5.74) is 3.21. The number of hydrogen-bond acceptors (Lipinski definition) is 7. The second-order valence-corrected chi connectivity index (χ2v) is 10.0. The van der Waals surface area contributed by atoms with Gasteiger partial charge in [0.1, 0.15) is 5.92 Å². The van der Waals surface area contributed by atoms with E-state index in [4.69, 9.17) is 32.7 Å². The lowest BCUT2D eigenvalue weighted by Gasteiger charge is -2.31. The van der Waals surface area contributed by atoms with Crippen LogP contribution in [0.2, 0.25) is 10.0 Å². The number of carbonyl (C=O) groups excluding carboxylic acids is 3. The van der Waals surface area contributed by atoms with Crippen molar-refractivity contribution in [1.29, 1.82) is 5.26 Å². The number of halogens is 2. The molecule has 37 heavy (non-hydrogen) atoms. The minimum atomic E-state index is -1.36. The molecule has 0 saturated heterocycles. The van der Waals surface area contributed by atoms with E-state index in [1.807, 2.05) is 26.0 Å². The van der Waals surface area contributed by atoms with Gasteiger partial charge in [0, 0.05) is 11.6 Å². The topological polar surface area (TPSA) is 118 Å². The van der Waals surface area contributed by atoms with Crippen LogP contribution in [0.25, 0.3) is 0 Å². The molecule has 2 atom stereocenters. The van der Waals surface area contributed by atoms with Gasteiger partial charge in [0.05, 0.1) is 46.2 Å². The van der Waals surface area contributed by atoms with Crippen molar-refractivity contribution in [3.8, 4) is 11.8 Å². The Kier molecular flexibility index (Phi) is 9.49. The number of carbonyl (C=O) groups is 3. The third-order valence-electron chi connectivity index (χ3n) is 5.79. The number of nitrogens with zero attached hydrogens (tertiary/aromatic N) is 1. The first-order chi connectivity index (χ1) is 17.6. The number of amides is 2. The minimum Gasteiger partial charge on any atom is -0.491 e. The molecule has 1 aliphatic rings. The van der Waals surface area contributed by atoms with Crippen molar-refractivity contribution in [2.45, 2.75) is 26.7 Å². The molecule has 0 radical (unpaired) electrons. The van der Waals surface area contributed by atoms with Crippen LogP contribution in [-0.4, -0.2) is 37.3 Å². The van der Waals surface area contributed by atoms with Gasteiger partial charge in [-0.3, -0.25) is 14.4 Å². The van der Waals surface area contributed by atoms with Crippen LogP contribution in [0, 0.1) is 31.1 Å². The molecule has 194 valence electrons. The quantitative estimate of drug-likeness (QED) is 0.339. The predicted molar refractivity (Wildman–Crippen MR) is 144 cm³/mol. The lowest BCUT2D eigenvalue weighted by molar-refractivity contribution is -0.150. The lowest BCUT2D eigenvalue weighted by Crippen LogP contribution is -2.44. The highest BCUT2D eigenvalue weighted by atomic mass is 35.5. The summed E-state index contributed by atoms with van der Waals surface area (Å²) in [4.78, 5) is 38.3. The first-order valence-corrected chi connectivity index (χ1v) is 13.0. The Morgan fingerprint density at radius 1 is 1.16 bits per heavy atom. The number of thioether (sulfide) groups is 1. The van der Waals surface area contributed by atoms with Gasteiger partial charge in [-0.1, -0.05) is 41.0 Å². The van der Waals surface area contributed by atoms with Crippen molar-refractivity contribution in [2.75, 3.05) is 24.8 Å². The van der Waals surface area contributed by atoms with Crippen LogP contribution in [0.1, 0.15) is 29.5 Å². The third-order valence-corrected chi connectivity index (χ3v) is 7.37. The number of methoxy groups -OCH3 is 1. The number of benzene rings is 2. The molecule has 8 nitrogen and oxygen atoms in total. The summed E-state index contributed by atoms with van der Waals surface area (Å²) in [7, 11) is 1.15. The van der Waals surface area contributed by atoms with E-state index < -0.39 is 23.7 Å². The van der Waals surface area contributed by atoms with E-state index in [1.165, 1.54) is 12.1 Å². The number of esters is 1. The molecule has 0 fully saturated rings. The largest absolute Gasteiger partial charge is 0.491 e. The fraction of sp³-hybridized carbons (Fsp3) is 0.308. The van der Waals surface area contributed by atoms with Gasteiger partial charge >= 0.3 is 5.97 Å². The van der Waals surface area contributed by atoms with Crippen LogP contribution in [0.5, 0.6) is 5.75 Å². The third kappa shape index (κ3) is 6.39. The molecule has 0 saturated carbocycles. The van der Waals surface area contributed by atoms with Crippen LogP contribution in [0.4, 0.5) is 5.69 Å². The zero-order valence-electron chi connectivity index (χ0n) is 20.6. The summed E-state index contributed by atoms with van der Waals surface area (Å²) < 4.78 is 10.3. The number of rotatable bonds is 8. The van der Waals surface area contributed by atoms with Gasteiger partial charge in [0.15, 0.2) is 5.75 Å². The molecule has 0 unspecified atom stereocenters. The fourth-order valence-corrected chi connectivity index (χ4v) is 5.34. The summed E-state index contributed by atoms with van der Waals surface area (Å²) in [6, 6.07) is 10.6. The number of hydrogen-bond donors (Lipinski definition) is 2. The maximum Gasteiger partial charge on any atom is 0.319 e. The molecule has 2 aromatic carbocycles. The molecular weight excluding hydrogens is 537 g/mol. The smallest absolute Gasteiger partial charge is 0.319 e. The van der Waals surface area contributed by atoms with E-state index in [1.54, 1.807) is 13.0 Å². The van der Waals surface area contributed by atoms with Crippen LogP contribution in [0.3, 0.4) is 0 Å². The van der Waals surface area contributed by atoms with Gasteiger partial charge < -0.3 is 20.1 Å². The van der Waals surface area contributed by atoms with Crippen LogP contribution in [0.15, 0.2) is 40.9 Å². The zero-order valence-corrected chi connectivity index (χ0v) is 22.9. The highest BCUT2D eigenvalue weighted by Crippen LogP contribution is 2.44. The fourth-order valence-electron chi connectivity index (χ4n) is 3.87. The Hall–Kier alpha value is -3.19. The Morgan fingerprint density at radius 3 is 2.41 bits per heavy atom. The maximum atomic E-state index is 13.0. The molecule has 0 aromatic heterocycles. The Bertz CT molecular complexity index is 1300. The first-order valence-electron chi connectivity index (χ1n) is 11.3. The SMILES string of the molecule is CCOc1c(Cl)cc([C@H]2C(C#N)=C(SCC(=O)Nc3ccc(C)c(C)c3)NC(=O)[C@@H]2C(=O)OC)cc1Cl. The number of aryl methyl sites for hydroxylation is 2. The predicted octanol–water partition coefficient (Wildman–Crippen LogP) is 5.12. The number of ether oxygens (including phenoxy) is 2. The molecule has 1 heterocycles. The van der Waals surface area contributed by atoms with Crippen LogP contribution < -0.4 is 15.4 Å². The standard InChI is InChI=1S/C26H25Cl2N3O5S/c1-5-36-23-18(27)9-15(10-19(23)28)21-17(11-29)25(31-24(33)22(21)26(34)35-4)37-12-20(32)30-16-7-6-13(2)14(3)8-16/h6-10,21-22H,5,12H2,1-4H3,(H,30,32)(H,31,33)/t21-,22+/m0/s1. The van der Waals surface area contributed by atoms with E-state index in [9.17, 15) is 19.6 Å². The van der Waals surface area contributed by atoms with Gasteiger partial charge in [-0.15, -0.1) is 0 Å². The number of allylic oxidation sites excluding steroid dienone is 1. The zero-order chi connectivity index (χ0) is 27.3. The molecule has 0 spiro atoms. The van der Waals surface area contributed by atoms with Gasteiger partial charge in [-0.25, -0.2) is 0 Å². The van der Waals surface area contributed by atoms with Gasteiger partial charge in [-0.05, 0) is 61.7 Å². The molecule has 2 aromatic rings. The number of nitriles is 1. The number of anilines is 1. The van der Waals surface area contributed by atoms with Gasteiger partial charge in [-0.2, -0.15) is 5.26 Å². The first kappa shape index (κ1) is 28.4. The second kappa shape index (κ2) is 12.4. The van der Waals surface area contributed by atoms with Crippen molar-refractivity contribution in [3.63, 3.8) is 0 Å².